The van der Waals surface area contributed by atoms with E-state index in [0.29, 0.717) is 0 Å². The number of likely N-dealkylation sites (tertiary alicyclic amines) is 1. The molecule has 16 heavy (non-hydrogen) atoms. The number of hydrogen-bond donors (Lipinski definition) is 1. The van der Waals surface area contributed by atoms with E-state index >= 15 is 0 Å². The Hall–Kier alpha value is -0.640. The molecule has 1 aromatic rings. The van der Waals surface area contributed by atoms with Crippen molar-refractivity contribution in [3.05, 3.63) is 30.1 Å². The van der Waals surface area contributed by atoms with E-state index in [1.54, 1.807) is 0 Å². The minimum Gasteiger partial charge on any atom is -0.330 e. The van der Waals surface area contributed by atoms with Crippen LogP contribution in [0.4, 0.5) is 0 Å². The normalized spacial score (nSPS) is 18.1. The van der Waals surface area contributed by atoms with Gasteiger partial charge in [-0.2, -0.15) is 0 Å². The SMILES string of the molecule is Cl.NCC1CCN(Cc2ccccn2)CC1. The third-order valence-corrected chi connectivity index (χ3v) is 3.15. The predicted octanol–water partition coefficient (Wildman–Crippen LogP) is 1.67. The lowest BCUT2D eigenvalue weighted by Crippen LogP contribution is -2.35. The van der Waals surface area contributed by atoms with Crippen molar-refractivity contribution in [2.75, 3.05) is 19.6 Å². The van der Waals surface area contributed by atoms with Crippen LogP contribution in [-0.4, -0.2) is 29.5 Å². The summed E-state index contributed by atoms with van der Waals surface area (Å²) in [6.45, 7) is 4.16. The molecule has 0 saturated carbocycles. The van der Waals surface area contributed by atoms with Gasteiger partial charge in [-0.25, -0.2) is 0 Å². The minimum atomic E-state index is 0. The lowest BCUT2D eigenvalue weighted by molar-refractivity contribution is 0.179. The molecule has 0 unspecified atom stereocenters. The molecule has 0 aliphatic carbocycles. The van der Waals surface area contributed by atoms with Gasteiger partial charge in [0, 0.05) is 12.7 Å². The van der Waals surface area contributed by atoms with Crippen molar-refractivity contribution in [2.45, 2.75) is 19.4 Å². The second-order valence-electron chi connectivity index (χ2n) is 4.28. The van der Waals surface area contributed by atoms with Gasteiger partial charge in [0.2, 0.25) is 0 Å². The van der Waals surface area contributed by atoms with Crippen LogP contribution in [0.15, 0.2) is 24.4 Å². The summed E-state index contributed by atoms with van der Waals surface area (Å²) in [6, 6.07) is 6.11. The standard InChI is InChI=1S/C12H19N3.ClH/c13-9-11-4-7-15(8-5-11)10-12-3-1-2-6-14-12;/h1-3,6,11H,4-5,7-10,13H2;1H. The third-order valence-electron chi connectivity index (χ3n) is 3.15. The van der Waals surface area contributed by atoms with Crippen molar-refractivity contribution in [1.29, 1.82) is 0 Å². The molecular weight excluding hydrogens is 222 g/mol. The van der Waals surface area contributed by atoms with E-state index in [-0.39, 0.29) is 12.4 Å². The molecule has 0 amide bonds. The summed E-state index contributed by atoms with van der Waals surface area (Å²) in [4.78, 5) is 6.81. The molecule has 2 heterocycles. The van der Waals surface area contributed by atoms with Crippen molar-refractivity contribution >= 4 is 12.4 Å². The van der Waals surface area contributed by atoms with Gasteiger partial charge in [0.1, 0.15) is 0 Å². The van der Waals surface area contributed by atoms with E-state index < -0.39 is 0 Å². The summed E-state index contributed by atoms with van der Waals surface area (Å²) in [6.07, 6.45) is 4.34. The van der Waals surface area contributed by atoms with Crippen LogP contribution in [0.1, 0.15) is 18.5 Å². The molecule has 1 aliphatic rings. The van der Waals surface area contributed by atoms with Gasteiger partial charge >= 0.3 is 0 Å². The summed E-state index contributed by atoms with van der Waals surface area (Å²) in [5, 5.41) is 0. The van der Waals surface area contributed by atoms with Crippen LogP contribution in [0.5, 0.6) is 0 Å². The number of rotatable bonds is 3. The number of nitrogens with two attached hydrogens (primary N) is 1. The van der Waals surface area contributed by atoms with Gasteiger partial charge < -0.3 is 5.73 Å². The lowest BCUT2D eigenvalue weighted by Gasteiger charge is -2.30. The highest BCUT2D eigenvalue weighted by Gasteiger charge is 2.17. The lowest BCUT2D eigenvalue weighted by atomic mass is 9.97. The van der Waals surface area contributed by atoms with Gasteiger partial charge in [-0.3, -0.25) is 9.88 Å². The summed E-state index contributed by atoms with van der Waals surface area (Å²) < 4.78 is 0. The molecule has 1 aliphatic heterocycles. The van der Waals surface area contributed by atoms with Crippen molar-refractivity contribution < 1.29 is 0 Å². The van der Waals surface area contributed by atoms with Crippen LogP contribution in [-0.2, 0) is 6.54 Å². The molecule has 1 fully saturated rings. The average Bonchev–Trinajstić information content (AvgIpc) is 2.31. The Morgan fingerprint density at radius 1 is 1.31 bits per heavy atom. The molecule has 0 spiro atoms. The topological polar surface area (TPSA) is 42.1 Å². The molecule has 0 aromatic carbocycles. The largest absolute Gasteiger partial charge is 0.330 e. The molecule has 2 rings (SSSR count). The molecular formula is C12H20ClN3. The molecule has 3 nitrogen and oxygen atoms in total. The summed E-state index contributed by atoms with van der Waals surface area (Å²) in [5.41, 5.74) is 6.84. The van der Waals surface area contributed by atoms with E-state index in [2.05, 4.69) is 22.0 Å². The molecule has 4 heteroatoms. The van der Waals surface area contributed by atoms with Crippen LogP contribution >= 0.6 is 12.4 Å². The first kappa shape index (κ1) is 13.4. The maximum Gasteiger partial charge on any atom is 0.0543 e. The quantitative estimate of drug-likeness (QED) is 0.876. The van der Waals surface area contributed by atoms with Gasteiger partial charge in [0.15, 0.2) is 0 Å². The fourth-order valence-corrected chi connectivity index (χ4v) is 2.10. The van der Waals surface area contributed by atoms with Gasteiger partial charge in [-0.1, -0.05) is 6.07 Å². The second kappa shape index (κ2) is 6.84. The Bertz CT molecular complexity index is 284. The van der Waals surface area contributed by atoms with Gasteiger partial charge in [-0.05, 0) is 50.5 Å². The maximum absolute atomic E-state index is 5.67. The highest BCUT2D eigenvalue weighted by Crippen LogP contribution is 2.17. The van der Waals surface area contributed by atoms with Gasteiger partial charge in [-0.15, -0.1) is 12.4 Å². The van der Waals surface area contributed by atoms with Crippen LogP contribution in [0.25, 0.3) is 0 Å². The van der Waals surface area contributed by atoms with E-state index in [1.807, 2.05) is 12.3 Å². The molecule has 1 saturated heterocycles. The number of aromatic nitrogens is 1. The highest BCUT2D eigenvalue weighted by atomic mass is 35.5. The molecule has 2 N–H and O–H groups in total. The molecule has 90 valence electrons. The Morgan fingerprint density at radius 2 is 2.06 bits per heavy atom. The molecule has 0 radical (unpaired) electrons. The first-order valence-electron chi connectivity index (χ1n) is 5.71. The van der Waals surface area contributed by atoms with E-state index in [9.17, 15) is 0 Å². The van der Waals surface area contributed by atoms with E-state index in [4.69, 9.17) is 5.73 Å². The fourth-order valence-electron chi connectivity index (χ4n) is 2.10. The molecule has 0 atom stereocenters. The third kappa shape index (κ3) is 3.74. The second-order valence-corrected chi connectivity index (χ2v) is 4.28. The number of halogens is 1. The van der Waals surface area contributed by atoms with Crippen molar-refractivity contribution in [3.63, 3.8) is 0 Å². The predicted molar refractivity (Wildman–Crippen MR) is 68.5 cm³/mol. The summed E-state index contributed by atoms with van der Waals surface area (Å²) in [7, 11) is 0. The van der Waals surface area contributed by atoms with Crippen molar-refractivity contribution in [1.82, 2.24) is 9.88 Å². The van der Waals surface area contributed by atoms with Crippen LogP contribution in [0.3, 0.4) is 0 Å². The highest BCUT2D eigenvalue weighted by molar-refractivity contribution is 5.85. The number of piperidine rings is 1. The molecule has 0 bridgehead atoms. The number of pyridine rings is 1. The zero-order valence-electron chi connectivity index (χ0n) is 9.51. The Labute approximate surface area is 103 Å². The summed E-state index contributed by atoms with van der Waals surface area (Å²) >= 11 is 0. The average molecular weight is 242 g/mol. The number of hydrogen-bond acceptors (Lipinski definition) is 3. The van der Waals surface area contributed by atoms with Crippen molar-refractivity contribution in [2.24, 2.45) is 11.7 Å². The fraction of sp³-hybridized carbons (Fsp3) is 0.583. The Balaban J connectivity index is 0.00000128. The van der Waals surface area contributed by atoms with Gasteiger partial charge in [0.05, 0.1) is 5.69 Å². The smallest absolute Gasteiger partial charge is 0.0543 e. The zero-order valence-corrected chi connectivity index (χ0v) is 10.3. The monoisotopic (exact) mass is 241 g/mol. The zero-order chi connectivity index (χ0) is 10.5. The summed E-state index contributed by atoms with van der Waals surface area (Å²) in [5.74, 6) is 0.741. The van der Waals surface area contributed by atoms with Gasteiger partial charge in [0.25, 0.3) is 0 Å². The molecule has 1 aromatic heterocycles. The first-order chi connectivity index (χ1) is 7.38. The van der Waals surface area contributed by atoms with Crippen LogP contribution < -0.4 is 5.73 Å². The van der Waals surface area contributed by atoms with Crippen molar-refractivity contribution in [3.8, 4) is 0 Å². The van der Waals surface area contributed by atoms with Crippen LogP contribution in [0.2, 0.25) is 0 Å². The van der Waals surface area contributed by atoms with E-state index in [1.165, 1.54) is 31.6 Å². The van der Waals surface area contributed by atoms with E-state index in [0.717, 1.165) is 19.0 Å². The first-order valence-corrected chi connectivity index (χ1v) is 5.71. The Kier molecular flexibility index (Phi) is 5.74. The maximum atomic E-state index is 5.67. The van der Waals surface area contributed by atoms with Crippen LogP contribution in [0, 0.1) is 5.92 Å². The Morgan fingerprint density at radius 3 is 2.62 bits per heavy atom. The number of nitrogens with zero attached hydrogens (tertiary/aromatic N) is 2. The minimum absolute atomic E-state index is 0.